The second-order valence-corrected chi connectivity index (χ2v) is 8.13. The Labute approximate surface area is 144 Å². The number of amides is 3. The van der Waals surface area contributed by atoms with Gasteiger partial charge in [0.15, 0.2) is 0 Å². The third-order valence-electron chi connectivity index (χ3n) is 2.92. The first-order valence-electron chi connectivity index (χ1n) is 6.46. The Balaban J connectivity index is 1.59. The summed E-state index contributed by atoms with van der Waals surface area (Å²) >= 11 is 6.46. The van der Waals surface area contributed by atoms with Crippen molar-refractivity contribution in [2.24, 2.45) is 0 Å². The zero-order chi connectivity index (χ0) is 15.5. The quantitative estimate of drug-likeness (QED) is 0.735. The van der Waals surface area contributed by atoms with Gasteiger partial charge in [-0.1, -0.05) is 0 Å². The minimum absolute atomic E-state index is 0.0256. The van der Waals surface area contributed by atoms with Crippen LogP contribution in [0, 0.1) is 0 Å². The van der Waals surface area contributed by atoms with Crippen LogP contribution in [0.25, 0.3) is 0 Å². The Morgan fingerprint density at radius 1 is 1.32 bits per heavy atom. The maximum absolute atomic E-state index is 11.9. The highest BCUT2D eigenvalue weighted by atomic mass is 79.9. The van der Waals surface area contributed by atoms with Gasteiger partial charge in [-0.25, -0.2) is 4.79 Å². The minimum atomic E-state index is -0.278. The van der Waals surface area contributed by atoms with Crippen LogP contribution in [-0.2, 0) is 11.3 Å². The van der Waals surface area contributed by atoms with Crippen LogP contribution in [0.4, 0.5) is 16.2 Å². The molecule has 0 unspecified atom stereocenters. The van der Waals surface area contributed by atoms with Gasteiger partial charge in [0.25, 0.3) is 0 Å². The number of hydrogen-bond donors (Lipinski definition) is 3. The molecule has 0 radical (unpaired) electrons. The number of urea groups is 1. The first-order chi connectivity index (χ1) is 10.6. The molecule has 8 heteroatoms. The normalized spacial score (nSPS) is 13.2. The van der Waals surface area contributed by atoms with Crippen molar-refractivity contribution < 1.29 is 9.59 Å². The number of benzene rings is 1. The van der Waals surface area contributed by atoms with Crippen molar-refractivity contribution in [2.45, 2.75) is 11.4 Å². The van der Waals surface area contributed by atoms with Crippen molar-refractivity contribution in [2.75, 3.05) is 16.4 Å². The molecule has 2 aromatic rings. The van der Waals surface area contributed by atoms with Crippen LogP contribution in [0.1, 0.15) is 4.88 Å². The average Bonchev–Trinajstić information content (AvgIpc) is 2.90. The van der Waals surface area contributed by atoms with Crippen LogP contribution in [0.2, 0.25) is 0 Å². The van der Waals surface area contributed by atoms with Gasteiger partial charge in [0, 0.05) is 15.5 Å². The third kappa shape index (κ3) is 3.82. The maximum atomic E-state index is 11.9. The molecule has 5 nitrogen and oxygen atoms in total. The number of carbonyl (C=O) groups is 2. The number of hydrogen-bond acceptors (Lipinski definition) is 4. The van der Waals surface area contributed by atoms with Gasteiger partial charge >= 0.3 is 6.03 Å². The van der Waals surface area contributed by atoms with Gasteiger partial charge in [-0.3, -0.25) is 4.79 Å². The summed E-state index contributed by atoms with van der Waals surface area (Å²) in [6.07, 6.45) is 0. The molecule has 1 aromatic carbocycles. The van der Waals surface area contributed by atoms with E-state index in [9.17, 15) is 9.59 Å². The van der Waals surface area contributed by atoms with Crippen LogP contribution in [-0.4, -0.2) is 17.7 Å². The van der Waals surface area contributed by atoms with Gasteiger partial charge in [-0.05, 0) is 46.3 Å². The summed E-state index contributed by atoms with van der Waals surface area (Å²) in [7, 11) is 0. The van der Waals surface area contributed by atoms with Crippen molar-refractivity contribution in [1.29, 1.82) is 0 Å². The zero-order valence-electron chi connectivity index (χ0n) is 11.3. The van der Waals surface area contributed by atoms with Gasteiger partial charge < -0.3 is 16.0 Å². The third-order valence-corrected chi connectivity index (χ3v) is 5.62. The van der Waals surface area contributed by atoms with E-state index in [1.807, 2.05) is 24.3 Å². The summed E-state index contributed by atoms with van der Waals surface area (Å²) < 4.78 is 1.03. The number of carbonyl (C=O) groups excluding carboxylic acids is 2. The van der Waals surface area contributed by atoms with E-state index in [0.717, 1.165) is 19.2 Å². The van der Waals surface area contributed by atoms with E-state index in [4.69, 9.17) is 0 Å². The fraction of sp³-hybridized carbons (Fsp3) is 0.143. The van der Waals surface area contributed by atoms with Crippen molar-refractivity contribution in [1.82, 2.24) is 5.32 Å². The van der Waals surface area contributed by atoms with E-state index in [0.29, 0.717) is 18.0 Å². The van der Waals surface area contributed by atoms with Crippen LogP contribution in [0.15, 0.2) is 39.0 Å². The summed E-state index contributed by atoms with van der Waals surface area (Å²) in [4.78, 5) is 25.4. The molecular formula is C14H12BrN3O2S2. The molecule has 1 aliphatic heterocycles. The number of fused-ring (bicyclic) bond motifs is 1. The molecule has 0 saturated heterocycles. The van der Waals surface area contributed by atoms with Crippen LogP contribution >= 0.6 is 39.0 Å². The molecule has 1 aromatic heterocycles. The summed E-state index contributed by atoms with van der Waals surface area (Å²) in [5.74, 6) is 0.402. The Kier molecular flexibility index (Phi) is 4.70. The average molecular weight is 398 g/mol. The fourth-order valence-electron chi connectivity index (χ4n) is 1.95. The summed E-state index contributed by atoms with van der Waals surface area (Å²) in [6, 6.07) is 9.11. The molecule has 1 aliphatic rings. The molecule has 114 valence electrons. The molecule has 0 atom stereocenters. The first-order valence-corrected chi connectivity index (χ1v) is 9.05. The first kappa shape index (κ1) is 15.4. The Bertz CT molecular complexity index is 733. The van der Waals surface area contributed by atoms with Crippen molar-refractivity contribution in [3.63, 3.8) is 0 Å². The maximum Gasteiger partial charge on any atom is 0.319 e. The largest absolute Gasteiger partial charge is 0.333 e. The highest BCUT2D eigenvalue weighted by molar-refractivity contribution is 9.11. The second-order valence-electron chi connectivity index (χ2n) is 4.56. The molecule has 22 heavy (non-hydrogen) atoms. The Hall–Kier alpha value is -1.51. The topological polar surface area (TPSA) is 70.2 Å². The van der Waals surface area contributed by atoms with Gasteiger partial charge in [0.2, 0.25) is 5.91 Å². The van der Waals surface area contributed by atoms with E-state index in [1.54, 1.807) is 17.4 Å². The summed E-state index contributed by atoms with van der Waals surface area (Å²) in [5.41, 5.74) is 1.38. The molecule has 0 fully saturated rings. The Morgan fingerprint density at radius 2 is 2.18 bits per heavy atom. The monoisotopic (exact) mass is 397 g/mol. The van der Waals surface area contributed by atoms with Crippen LogP contribution < -0.4 is 16.0 Å². The summed E-state index contributed by atoms with van der Waals surface area (Å²) in [6.45, 7) is 0.472. The zero-order valence-corrected chi connectivity index (χ0v) is 14.5. The Morgan fingerprint density at radius 3 is 2.95 bits per heavy atom. The second kappa shape index (κ2) is 6.72. The lowest BCUT2D eigenvalue weighted by atomic mass is 10.2. The van der Waals surface area contributed by atoms with Crippen molar-refractivity contribution in [3.05, 3.63) is 39.0 Å². The molecule has 0 spiro atoms. The lowest BCUT2D eigenvalue weighted by Crippen LogP contribution is -2.28. The van der Waals surface area contributed by atoms with Crippen molar-refractivity contribution >= 4 is 62.3 Å². The molecule has 2 heterocycles. The van der Waals surface area contributed by atoms with E-state index in [-0.39, 0.29) is 11.9 Å². The van der Waals surface area contributed by atoms with Crippen LogP contribution in [0.3, 0.4) is 0 Å². The van der Waals surface area contributed by atoms with Gasteiger partial charge in [-0.15, -0.1) is 23.1 Å². The van der Waals surface area contributed by atoms with Gasteiger partial charge in [-0.2, -0.15) is 0 Å². The number of thiophene rings is 1. The van der Waals surface area contributed by atoms with Gasteiger partial charge in [0.05, 0.1) is 21.8 Å². The minimum Gasteiger partial charge on any atom is -0.333 e. The molecule has 0 bridgehead atoms. The lowest BCUT2D eigenvalue weighted by Gasteiger charge is -2.17. The molecule has 3 N–H and O–H groups in total. The van der Waals surface area contributed by atoms with Crippen LogP contribution in [0.5, 0.6) is 0 Å². The number of rotatable bonds is 3. The molecular weight excluding hydrogens is 386 g/mol. The fourth-order valence-corrected chi connectivity index (χ4v) is 4.16. The number of halogens is 1. The van der Waals surface area contributed by atoms with Gasteiger partial charge in [0.1, 0.15) is 0 Å². The van der Waals surface area contributed by atoms with E-state index in [2.05, 4.69) is 31.9 Å². The number of anilines is 2. The predicted molar refractivity (Wildman–Crippen MR) is 93.7 cm³/mol. The smallest absolute Gasteiger partial charge is 0.319 e. The number of nitrogens with one attached hydrogen (secondary N) is 3. The number of thioether (sulfide) groups is 1. The van der Waals surface area contributed by atoms with Crippen molar-refractivity contribution in [3.8, 4) is 0 Å². The predicted octanol–water partition coefficient (Wildman–Crippen LogP) is 3.88. The molecule has 3 amide bonds. The molecule has 3 rings (SSSR count). The lowest BCUT2D eigenvalue weighted by molar-refractivity contribution is -0.113. The molecule has 0 saturated carbocycles. The highest BCUT2D eigenvalue weighted by Gasteiger charge is 2.15. The van der Waals surface area contributed by atoms with E-state index < -0.39 is 0 Å². The highest BCUT2D eigenvalue weighted by Crippen LogP contribution is 2.33. The standard InChI is InChI=1S/C14H12BrN3O2S2/c15-12-4-2-9(22-12)6-16-14(20)17-8-1-3-11-10(5-8)18-13(19)7-21-11/h1-5H,6-7H2,(H,18,19)(H2,16,17,20). The summed E-state index contributed by atoms with van der Waals surface area (Å²) in [5, 5.41) is 8.36. The molecule has 0 aliphatic carbocycles. The van der Waals surface area contributed by atoms with E-state index >= 15 is 0 Å². The SMILES string of the molecule is O=C1CSc2ccc(NC(=O)NCc3ccc(Br)s3)cc2N1. The van der Waals surface area contributed by atoms with E-state index in [1.165, 1.54) is 11.8 Å².